The van der Waals surface area contributed by atoms with Gasteiger partial charge in [-0.25, -0.2) is 0 Å². The van der Waals surface area contributed by atoms with Crippen LogP contribution in [0.1, 0.15) is 18.1 Å². The number of hydrogen-bond acceptors (Lipinski definition) is 3. The Hall–Kier alpha value is -1.59. The van der Waals surface area contributed by atoms with Gasteiger partial charge in [-0.1, -0.05) is 18.2 Å². The maximum atomic E-state index is 12.1. The molecule has 21 heavy (non-hydrogen) atoms. The Balaban J connectivity index is 0.00000400. The highest BCUT2D eigenvalue weighted by atomic mass is 35.5. The van der Waals surface area contributed by atoms with Crippen molar-refractivity contribution in [3.8, 4) is 0 Å². The van der Waals surface area contributed by atoms with Gasteiger partial charge in [-0.2, -0.15) is 0 Å². The van der Waals surface area contributed by atoms with Crippen molar-refractivity contribution in [1.29, 1.82) is 0 Å². The van der Waals surface area contributed by atoms with Crippen LogP contribution in [0, 0.1) is 13.8 Å². The molecule has 0 bridgehead atoms. The maximum Gasteiger partial charge on any atom is 0.244 e. The third-order valence-corrected chi connectivity index (χ3v) is 3.14. The molecule has 0 saturated heterocycles. The second-order valence-corrected chi connectivity index (χ2v) is 4.75. The number of amides is 2. The van der Waals surface area contributed by atoms with E-state index in [1.807, 2.05) is 39.0 Å². The van der Waals surface area contributed by atoms with Gasteiger partial charge in [-0.15, -0.1) is 12.4 Å². The molecular weight excluding hydrogens is 290 g/mol. The smallest absolute Gasteiger partial charge is 0.244 e. The number of nitrogens with zero attached hydrogens (tertiary/aromatic N) is 1. The number of halogens is 1. The van der Waals surface area contributed by atoms with E-state index < -0.39 is 0 Å². The molecule has 0 unspecified atom stereocenters. The molecule has 0 heterocycles. The minimum atomic E-state index is -0.172. The van der Waals surface area contributed by atoms with Crippen LogP contribution in [0.25, 0.3) is 0 Å². The van der Waals surface area contributed by atoms with Crippen LogP contribution in [0.5, 0.6) is 0 Å². The third kappa shape index (κ3) is 5.73. The molecule has 5 nitrogen and oxygen atoms in total. The van der Waals surface area contributed by atoms with Crippen molar-refractivity contribution >= 4 is 29.9 Å². The summed E-state index contributed by atoms with van der Waals surface area (Å²) >= 11 is 0. The Morgan fingerprint density at radius 2 is 1.76 bits per heavy atom. The summed E-state index contributed by atoms with van der Waals surface area (Å²) in [6.45, 7) is 6.59. The van der Waals surface area contributed by atoms with Gasteiger partial charge in [-0.05, 0) is 38.9 Å². The summed E-state index contributed by atoms with van der Waals surface area (Å²) < 4.78 is 0. The third-order valence-electron chi connectivity index (χ3n) is 3.14. The largest absolute Gasteiger partial charge is 0.333 e. The van der Waals surface area contributed by atoms with Gasteiger partial charge >= 0.3 is 0 Å². The van der Waals surface area contributed by atoms with Gasteiger partial charge in [0.2, 0.25) is 11.8 Å². The van der Waals surface area contributed by atoms with Gasteiger partial charge in [0.15, 0.2) is 0 Å². The van der Waals surface area contributed by atoms with Crippen molar-refractivity contribution in [2.24, 2.45) is 0 Å². The van der Waals surface area contributed by atoms with Crippen LogP contribution >= 0.6 is 12.4 Å². The molecule has 0 spiro atoms. The molecule has 2 amide bonds. The first-order chi connectivity index (χ1) is 9.49. The first kappa shape index (κ1) is 19.4. The maximum absolute atomic E-state index is 12.1. The monoisotopic (exact) mass is 313 g/mol. The van der Waals surface area contributed by atoms with Crippen LogP contribution in [0.2, 0.25) is 0 Å². The average Bonchev–Trinajstić information content (AvgIpc) is 2.40. The molecule has 0 fully saturated rings. The topological polar surface area (TPSA) is 61.4 Å². The molecule has 2 N–H and O–H groups in total. The van der Waals surface area contributed by atoms with Crippen LogP contribution < -0.4 is 10.6 Å². The van der Waals surface area contributed by atoms with E-state index in [0.717, 1.165) is 16.8 Å². The SMILES string of the molecule is CCN(CC(=O)Nc1c(C)cccc1C)C(=O)CNC.Cl. The van der Waals surface area contributed by atoms with E-state index >= 15 is 0 Å². The van der Waals surface area contributed by atoms with E-state index in [1.165, 1.54) is 4.90 Å². The molecule has 118 valence electrons. The van der Waals surface area contributed by atoms with Crippen LogP contribution in [-0.2, 0) is 9.59 Å². The highest BCUT2D eigenvalue weighted by molar-refractivity contribution is 5.95. The summed E-state index contributed by atoms with van der Waals surface area (Å²) in [4.78, 5) is 25.4. The number of rotatable bonds is 6. The first-order valence-corrected chi connectivity index (χ1v) is 6.78. The zero-order valence-corrected chi connectivity index (χ0v) is 13.8. The molecule has 0 aliphatic rings. The van der Waals surface area contributed by atoms with Crippen molar-refractivity contribution in [1.82, 2.24) is 10.2 Å². The quantitative estimate of drug-likeness (QED) is 0.841. The minimum Gasteiger partial charge on any atom is -0.333 e. The molecule has 0 aliphatic heterocycles. The van der Waals surface area contributed by atoms with E-state index in [0.29, 0.717) is 6.54 Å². The fraction of sp³-hybridized carbons (Fsp3) is 0.467. The van der Waals surface area contributed by atoms with Crippen molar-refractivity contribution in [3.05, 3.63) is 29.3 Å². The second-order valence-electron chi connectivity index (χ2n) is 4.75. The highest BCUT2D eigenvalue weighted by Gasteiger charge is 2.15. The van der Waals surface area contributed by atoms with Crippen molar-refractivity contribution in [2.75, 3.05) is 32.0 Å². The number of hydrogen-bond donors (Lipinski definition) is 2. The number of benzene rings is 1. The van der Waals surface area contributed by atoms with Gasteiger partial charge in [0.05, 0.1) is 13.1 Å². The Kier molecular flexibility index (Phi) is 8.66. The molecule has 1 aromatic carbocycles. The summed E-state index contributed by atoms with van der Waals surface area (Å²) in [6.07, 6.45) is 0. The zero-order valence-electron chi connectivity index (χ0n) is 13.0. The number of nitrogens with one attached hydrogen (secondary N) is 2. The lowest BCUT2D eigenvalue weighted by Crippen LogP contribution is -2.41. The van der Waals surface area contributed by atoms with E-state index in [-0.39, 0.29) is 37.3 Å². The van der Waals surface area contributed by atoms with Gasteiger partial charge < -0.3 is 15.5 Å². The number of anilines is 1. The van der Waals surface area contributed by atoms with Crippen molar-refractivity contribution in [3.63, 3.8) is 0 Å². The fourth-order valence-corrected chi connectivity index (χ4v) is 2.00. The highest BCUT2D eigenvalue weighted by Crippen LogP contribution is 2.19. The lowest BCUT2D eigenvalue weighted by Gasteiger charge is -2.21. The van der Waals surface area contributed by atoms with Gasteiger partial charge in [-0.3, -0.25) is 9.59 Å². The van der Waals surface area contributed by atoms with Gasteiger partial charge in [0, 0.05) is 12.2 Å². The normalized spacial score (nSPS) is 9.71. The average molecular weight is 314 g/mol. The van der Waals surface area contributed by atoms with E-state index in [4.69, 9.17) is 0 Å². The Labute approximate surface area is 132 Å². The van der Waals surface area contributed by atoms with Crippen molar-refractivity contribution in [2.45, 2.75) is 20.8 Å². The second kappa shape index (κ2) is 9.37. The molecule has 0 radical (unpaired) electrons. The standard InChI is InChI=1S/C15H23N3O2.ClH/c1-5-18(14(20)9-16-4)10-13(19)17-15-11(2)7-6-8-12(15)3;/h6-8,16H,5,9-10H2,1-4H3,(H,17,19);1H. The summed E-state index contributed by atoms with van der Waals surface area (Å²) in [5.41, 5.74) is 2.86. The first-order valence-electron chi connectivity index (χ1n) is 6.78. The minimum absolute atomic E-state index is 0. The summed E-state index contributed by atoms with van der Waals surface area (Å²) in [7, 11) is 1.71. The van der Waals surface area contributed by atoms with Crippen molar-refractivity contribution < 1.29 is 9.59 Å². The molecular formula is C15H24ClN3O2. The number of aryl methyl sites for hydroxylation is 2. The zero-order chi connectivity index (χ0) is 15.1. The molecule has 0 aromatic heterocycles. The Morgan fingerprint density at radius 3 is 2.24 bits per heavy atom. The Bertz CT molecular complexity index is 472. The number of likely N-dealkylation sites (N-methyl/N-ethyl adjacent to an activating group) is 2. The van der Waals surface area contributed by atoms with Gasteiger partial charge in [0.25, 0.3) is 0 Å². The fourth-order valence-electron chi connectivity index (χ4n) is 2.00. The van der Waals surface area contributed by atoms with Gasteiger partial charge in [0.1, 0.15) is 0 Å². The molecule has 6 heteroatoms. The number of carbonyl (C=O) groups excluding carboxylic acids is 2. The molecule has 1 rings (SSSR count). The number of carbonyl (C=O) groups is 2. The predicted octanol–water partition coefficient (Wildman–Crippen LogP) is 1.73. The summed E-state index contributed by atoms with van der Waals surface area (Å²) in [6, 6.07) is 5.85. The molecule has 0 saturated carbocycles. The van der Waals surface area contributed by atoms with Crippen LogP contribution in [0.4, 0.5) is 5.69 Å². The van der Waals surface area contributed by atoms with E-state index in [2.05, 4.69) is 10.6 Å². The number of para-hydroxylation sites is 1. The predicted molar refractivity (Wildman–Crippen MR) is 88.0 cm³/mol. The summed E-state index contributed by atoms with van der Waals surface area (Å²) in [5.74, 6) is -0.250. The van der Waals surface area contributed by atoms with Crippen LogP contribution in [0.3, 0.4) is 0 Å². The molecule has 1 aromatic rings. The van der Waals surface area contributed by atoms with Crippen LogP contribution in [0.15, 0.2) is 18.2 Å². The lowest BCUT2D eigenvalue weighted by atomic mass is 10.1. The van der Waals surface area contributed by atoms with E-state index in [9.17, 15) is 9.59 Å². The van der Waals surface area contributed by atoms with E-state index in [1.54, 1.807) is 7.05 Å². The molecule has 0 aliphatic carbocycles. The molecule has 0 atom stereocenters. The van der Waals surface area contributed by atoms with Crippen LogP contribution in [-0.4, -0.2) is 43.4 Å². The summed E-state index contributed by atoms with van der Waals surface area (Å²) in [5, 5.41) is 5.69. The Morgan fingerprint density at radius 1 is 1.19 bits per heavy atom. The lowest BCUT2D eigenvalue weighted by molar-refractivity contribution is -0.133.